The van der Waals surface area contributed by atoms with E-state index in [1.165, 1.54) is 30.2 Å². The first-order chi connectivity index (χ1) is 9.51. The Hall–Kier alpha value is -1.80. The van der Waals surface area contributed by atoms with Crippen LogP contribution < -0.4 is 10.6 Å². The van der Waals surface area contributed by atoms with Crippen molar-refractivity contribution in [1.82, 2.24) is 10.2 Å². The lowest BCUT2D eigenvalue weighted by atomic mass is 10.2. The number of carbonyl (C=O) groups excluding carboxylic acids is 1. The smallest absolute Gasteiger partial charge is 0.339 e. The van der Waals surface area contributed by atoms with Crippen molar-refractivity contribution in [3.8, 4) is 0 Å². The van der Waals surface area contributed by atoms with E-state index in [2.05, 4.69) is 10.2 Å². The van der Waals surface area contributed by atoms with Crippen molar-refractivity contribution in [3.05, 3.63) is 23.8 Å². The summed E-state index contributed by atoms with van der Waals surface area (Å²) in [4.78, 5) is 14.4. The quantitative estimate of drug-likeness (QED) is 0.684. The van der Waals surface area contributed by atoms with Gasteiger partial charge in [0, 0.05) is 24.7 Å². The van der Waals surface area contributed by atoms with Gasteiger partial charge in [-0.1, -0.05) is 23.1 Å². The molecule has 20 heavy (non-hydrogen) atoms. The van der Waals surface area contributed by atoms with Crippen molar-refractivity contribution in [2.24, 2.45) is 0 Å². The SMILES string of the molecule is COC(=O)c1cc(N)ccc1Sc1nnc(N(C)C)s1. The number of carbonyl (C=O) groups is 1. The minimum atomic E-state index is -0.419. The standard InChI is InChI=1S/C12H14N4O2S2/c1-16(2)11-14-15-12(20-11)19-9-5-4-7(13)6-8(9)10(17)18-3/h4-6H,13H2,1-3H3. The predicted molar refractivity (Wildman–Crippen MR) is 80.6 cm³/mol. The lowest BCUT2D eigenvalue weighted by Gasteiger charge is -2.07. The number of aromatic nitrogens is 2. The van der Waals surface area contributed by atoms with E-state index in [9.17, 15) is 4.79 Å². The first-order valence-corrected chi connectivity index (χ1v) is 7.31. The molecule has 6 nitrogen and oxygen atoms in total. The van der Waals surface area contributed by atoms with Crippen LogP contribution in [0.15, 0.2) is 27.4 Å². The Kier molecular flexibility index (Phi) is 4.46. The number of nitrogens with zero attached hydrogens (tertiary/aromatic N) is 3. The van der Waals surface area contributed by atoms with Crippen LogP contribution in [0, 0.1) is 0 Å². The summed E-state index contributed by atoms with van der Waals surface area (Å²) in [5.41, 5.74) is 6.65. The maximum Gasteiger partial charge on any atom is 0.339 e. The maximum absolute atomic E-state index is 11.8. The van der Waals surface area contributed by atoms with Gasteiger partial charge in [0.25, 0.3) is 0 Å². The fourth-order valence-electron chi connectivity index (χ4n) is 1.42. The molecule has 0 radical (unpaired) electrons. The largest absolute Gasteiger partial charge is 0.465 e. The molecule has 0 saturated heterocycles. The Morgan fingerprint density at radius 3 is 2.75 bits per heavy atom. The molecule has 0 unspecified atom stereocenters. The average molecular weight is 310 g/mol. The van der Waals surface area contributed by atoms with Gasteiger partial charge >= 0.3 is 5.97 Å². The van der Waals surface area contributed by atoms with Crippen molar-refractivity contribution in [1.29, 1.82) is 0 Å². The third kappa shape index (κ3) is 3.20. The van der Waals surface area contributed by atoms with Crippen LogP contribution in [0.3, 0.4) is 0 Å². The van der Waals surface area contributed by atoms with Crippen molar-refractivity contribution >= 4 is 39.9 Å². The Bertz CT molecular complexity index is 628. The molecular weight excluding hydrogens is 296 g/mol. The number of hydrogen-bond donors (Lipinski definition) is 1. The van der Waals surface area contributed by atoms with Gasteiger partial charge in [-0.2, -0.15) is 0 Å². The van der Waals surface area contributed by atoms with Crippen LogP contribution in [-0.2, 0) is 4.74 Å². The molecule has 8 heteroatoms. The number of rotatable bonds is 4. The number of methoxy groups -OCH3 is 1. The zero-order valence-corrected chi connectivity index (χ0v) is 12.9. The normalized spacial score (nSPS) is 10.3. The molecule has 1 aromatic carbocycles. The Labute approximate surface area is 124 Å². The maximum atomic E-state index is 11.8. The van der Waals surface area contributed by atoms with E-state index in [1.807, 2.05) is 19.0 Å². The molecule has 0 amide bonds. The number of ether oxygens (including phenoxy) is 1. The minimum absolute atomic E-state index is 0.419. The number of esters is 1. The zero-order chi connectivity index (χ0) is 14.7. The first kappa shape index (κ1) is 14.6. The molecule has 2 rings (SSSR count). The molecule has 0 aliphatic rings. The van der Waals surface area contributed by atoms with Crippen LogP contribution in [0.25, 0.3) is 0 Å². The second-order valence-corrected chi connectivity index (χ2v) is 6.34. The summed E-state index contributed by atoms with van der Waals surface area (Å²) >= 11 is 2.82. The van der Waals surface area contributed by atoms with Crippen LogP contribution in [0.1, 0.15) is 10.4 Å². The average Bonchev–Trinajstić information content (AvgIpc) is 2.88. The highest BCUT2D eigenvalue weighted by atomic mass is 32.2. The minimum Gasteiger partial charge on any atom is -0.465 e. The Balaban J connectivity index is 2.30. The number of anilines is 2. The molecule has 2 aromatic rings. The second kappa shape index (κ2) is 6.10. The van der Waals surface area contributed by atoms with Gasteiger partial charge < -0.3 is 15.4 Å². The molecule has 0 bridgehead atoms. The van der Waals surface area contributed by atoms with Crippen LogP contribution >= 0.6 is 23.1 Å². The molecule has 0 fully saturated rings. The van der Waals surface area contributed by atoms with Crippen LogP contribution in [0.5, 0.6) is 0 Å². The van der Waals surface area contributed by atoms with Gasteiger partial charge in [0.1, 0.15) is 0 Å². The van der Waals surface area contributed by atoms with Crippen LogP contribution in [0.2, 0.25) is 0 Å². The van der Waals surface area contributed by atoms with E-state index in [1.54, 1.807) is 18.2 Å². The molecule has 0 spiro atoms. The summed E-state index contributed by atoms with van der Waals surface area (Å²) in [6.07, 6.45) is 0. The molecular formula is C12H14N4O2S2. The van der Waals surface area contributed by atoms with Crippen LogP contribution in [0.4, 0.5) is 10.8 Å². The van der Waals surface area contributed by atoms with E-state index in [0.29, 0.717) is 11.3 Å². The first-order valence-electron chi connectivity index (χ1n) is 5.67. The van der Waals surface area contributed by atoms with Crippen molar-refractivity contribution in [2.75, 3.05) is 31.8 Å². The van der Waals surface area contributed by atoms with E-state index >= 15 is 0 Å². The number of nitrogen functional groups attached to an aromatic ring is 1. The van der Waals surface area contributed by atoms with Gasteiger partial charge in [0.05, 0.1) is 12.7 Å². The van der Waals surface area contributed by atoms with Crippen LogP contribution in [-0.4, -0.2) is 37.4 Å². The van der Waals surface area contributed by atoms with Crippen molar-refractivity contribution < 1.29 is 9.53 Å². The highest BCUT2D eigenvalue weighted by Gasteiger charge is 2.15. The van der Waals surface area contributed by atoms with E-state index in [-0.39, 0.29) is 0 Å². The molecule has 106 valence electrons. The highest BCUT2D eigenvalue weighted by Crippen LogP contribution is 2.35. The fraction of sp³-hybridized carbons (Fsp3) is 0.250. The molecule has 0 aliphatic heterocycles. The molecule has 1 heterocycles. The third-order valence-electron chi connectivity index (χ3n) is 2.38. The molecule has 0 aliphatic carbocycles. The van der Waals surface area contributed by atoms with Crippen molar-refractivity contribution in [2.45, 2.75) is 9.24 Å². The number of hydrogen-bond acceptors (Lipinski definition) is 8. The lowest BCUT2D eigenvalue weighted by molar-refractivity contribution is 0.0597. The number of nitrogens with two attached hydrogens (primary N) is 1. The summed E-state index contributed by atoms with van der Waals surface area (Å²) in [5, 5.41) is 8.95. The van der Waals surface area contributed by atoms with Crippen molar-refractivity contribution in [3.63, 3.8) is 0 Å². The second-order valence-electron chi connectivity index (χ2n) is 4.09. The van der Waals surface area contributed by atoms with Gasteiger partial charge in [-0.25, -0.2) is 4.79 Å². The summed E-state index contributed by atoms with van der Waals surface area (Å²) in [6, 6.07) is 5.12. The topological polar surface area (TPSA) is 81.3 Å². The van der Waals surface area contributed by atoms with E-state index < -0.39 is 5.97 Å². The Morgan fingerprint density at radius 1 is 1.40 bits per heavy atom. The number of benzene rings is 1. The summed E-state index contributed by atoms with van der Waals surface area (Å²) in [7, 11) is 5.14. The monoisotopic (exact) mass is 310 g/mol. The predicted octanol–water partition coefficient (Wildman–Crippen LogP) is 2.12. The zero-order valence-electron chi connectivity index (χ0n) is 11.3. The molecule has 1 aromatic heterocycles. The van der Waals surface area contributed by atoms with Gasteiger partial charge in [-0.15, -0.1) is 10.2 Å². The van der Waals surface area contributed by atoms with E-state index in [0.717, 1.165) is 14.4 Å². The lowest BCUT2D eigenvalue weighted by Crippen LogP contribution is -2.07. The Morgan fingerprint density at radius 2 is 2.15 bits per heavy atom. The summed E-state index contributed by atoms with van der Waals surface area (Å²) in [6.45, 7) is 0. The molecule has 0 saturated carbocycles. The van der Waals surface area contributed by atoms with Gasteiger partial charge in [-0.3, -0.25) is 0 Å². The molecule has 2 N–H and O–H groups in total. The van der Waals surface area contributed by atoms with E-state index in [4.69, 9.17) is 10.5 Å². The van der Waals surface area contributed by atoms with Gasteiger partial charge in [0.2, 0.25) is 5.13 Å². The van der Waals surface area contributed by atoms with Gasteiger partial charge in [0.15, 0.2) is 4.34 Å². The summed E-state index contributed by atoms with van der Waals surface area (Å²) in [5.74, 6) is -0.419. The highest BCUT2D eigenvalue weighted by molar-refractivity contribution is 8.01. The summed E-state index contributed by atoms with van der Waals surface area (Å²) < 4.78 is 5.52. The third-order valence-corrected chi connectivity index (χ3v) is 4.60. The van der Waals surface area contributed by atoms with Gasteiger partial charge in [-0.05, 0) is 18.2 Å². The fourth-order valence-corrected chi connectivity index (χ4v) is 3.24. The molecule has 0 atom stereocenters.